The molecule has 2 heterocycles. The highest BCUT2D eigenvalue weighted by atomic mass is 16.3. The summed E-state index contributed by atoms with van der Waals surface area (Å²) >= 11 is 0. The topological polar surface area (TPSA) is 48.7 Å². The molecule has 0 aliphatic carbocycles. The Morgan fingerprint density at radius 2 is 1.92 bits per heavy atom. The van der Waals surface area contributed by atoms with Gasteiger partial charge in [0.1, 0.15) is 5.76 Å². The van der Waals surface area contributed by atoms with Crippen LogP contribution in [0.3, 0.4) is 0 Å². The fourth-order valence-corrected chi connectivity index (χ4v) is 3.09. The summed E-state index contributed by atoms with van der Waals surface area (Å²) in [4.78, 5) is 16.6. The van der Waals surface area contributed by atoms with E-state index in [1.54, 1.807) is 6.26 Å². The maximum absolute atomic E-state index is 12.3. The second kappa shape index (κ2) is 7.53. The van der Waals surface area contributed by atoms with Gasteiger partial charge in [0.05, 0.1) is 19.4 Å². The molecule has 0 saturated carbocycles. The van der Waals surface area contributed by atoms with Crippen LogP contribution in [-0.4, -0.2) is 43.5 Å². The van der Waals surface area contributed by atoms with Crippen molar-refractivity contribution in [2.75, 3.05) is 37.6 Å². The summed E-state index contributed by atoms with van der Waals surface area (Å²) < 4.78 is 5.25. The first-order valence-corrected chi connectivity index (χ1v) is 8.47. The van der Waals surface area contributed by atoms with Crippen molar-refractivity contribution in [1.82, 2.24) is 10.2 Å². The molecule has 24 heavy (non-hydrogen) atoms. The molecule has 128 valence electrons. The molecule has 1 aliphatic rings. The van der Waals surface area contributed by atoms with Gasteiger partial charge in [-0.3, -0.25) is 4.79 Å². The van der Waals surface area contributed by atoms with E-state index >= 15 is 0 Å². The molecule has 0 atom stereocenters. The predicted molar refractivity (Wildman–Crippen MR) is 95.1 cm³/mol. The maximum atomic E-state index is 12.3. The number of nitrogens with zero attached hydrogens (tertiary/aromatic N) is 2. The summed E-state index contributed by atoms with van der Waals surface area (Å²) in [6, 6.07) is 10.2. The third kappa shape index (κ3) is 3.79. The molecule has 1 aromatic carbocycles. The van der Waals surface area contributed by atoms with Crippen molar-refractivity contribution in [3.63, 3.8) is 0 Å². The van der Waals surface area contributed by atoms with Crippen LogP contribution in [0.5, 0.6) is 0 Å². The van der Waals surface area contributed by atoms with Crippen LogP contribution in [-0.2, 0) is 11.3 Å². The molecule has 2 aromatic rings. The lowest BCUT2D eigenvalue weighted by molar-refractivity contribution is -0.130. The summed E-state index contributed by atoms with van der Waals surface area (Å²) in [5.74, 6) is 1.00. The van der Waals surface area contributed by atoms with Gasteiger partial charge in [-0.2, -0.15) is 0 Å². The van der Waals surface area contributed by atoms with Crippen molar-refractivity contribution in [3.8, 4) is 0 Å². The number of hydrogen-bond acceptors (Lipinski definition) is 4. The number of rotatable bonds is 5. The molecular weight excluding hydrogens is 302 g/mol. The van der Waals surface area contributed by atoms with E-state index in [2.05, 4.69) is 42.3 Å². The number of carbonyl (C=O) groups is 1. The van der Waals surface area contributed by atoms with Crippen LogP contribution in [0, 0.1) is 13.8 Å². The minimum Gasteiger partial charge on any atom is -0.468 e. The Kier molecular flexibility index (Phi) is 5.20. The van der Waals surface area contributed by atoms with E-state index in [1.165, 1.54) is 16.8 Å². The zero-order chi connectivity index (χ0) is 16.9. The van der Waals surface area contributed by atoms with E-state index in [0.29, 0.717) is 13.1 Å². The summed E-state index contributed by atoms with van der Waals surface area (Å²) in [6.45, 7) is 8.56. The number of anilines is 1. The number of furan rings is 1. The van der Waals surface area contributed by atoms with E-state index in [-0.39, 0.29) is 5.91 Å². The van der Waals surface area contributed by atoms with Crippen molar-refractivity contribution >= 4 is 11.6 Å². The van der Waals surface area contributed by atoms with Gasteiger partial charge in [-0.25, -0.2) is 0 Å². The van der Waals surface area contributed by atoms with Crippen LogP contribution in [0.2, 0.25) is 0 Å². The lowest BCUT2D eigenvalue weighted by Gasteiger charge is -2.37. The Morgan fingerprint density at radius 1 is 1.12 bits per heavy atom. The minimum absolute atomic E-state index is 0.155. The maximum Gasteiger partial charge on any atom is 0.236 e. The van der Waals surface area contributed by atoms with E-state index in [4.69, 9.17) is 4.42 Å². The molecule has 1 fully saturated rings. The van der Waals surface area contributed by atoms with Crippen LogP contribution >= 0.6 is 0 Å². The standard InChI is InChI=1S/C19H25N3O2/c1-15-5-3-7-18(16(15)2)21-8-10-22(11-9-21)19(23)14-20-13-17-6-4-12-24-17/h3-7,12,20H,8-11,13-14H2,1-2H3. The zero-order valence-corrected chi connectivity index (χ0v) is 14.4. The first-order chi connectivity index (χ1) is 11.6. The van der Waals surface area contributed by atoms with Gasteiger partial charge in [0.2, 0.25) is 5.91 Å². The lowest BCUT2D eigenvalue weighted by Crippen LogP contribution is -2.51. The van der Waals surface area contributed by atoms with Crippen LogP contribution in [0.15, 0.2) is 41.0 Å². The molecule has 0 spiro atoms. The zero-order valence-electron chi connectivity index (χ0n) is 14.4. The SMILES string of the molecule is Cc1cccc(N2CCN(C(=O)CNCc3ccco3)CC2)c1C. The molecule has 1 aliphatic heterocycles. The minimum atomic E-state index is 0.155. The molecule has 3 rings (SSSR count). The highest BCUT2D eigenvalue weighted by Crippen LogP contribution is 2.23. The highest BCUT2D eigenvalue weighted by molar-refractivity contribution is 5.78. The monoisotopic (exact) mass is 327 g/mol. The molecule has 1 aromatic heterocycles. The first kappa shape index (κ1) is 16.6. The van der Waals surface area contributed by atoms with Gasteiger partial charge in [0.15, 0.2) is 0 Å². The third-order valence-electron chi connectivity index (χ3n) is 4.70. The Balaban J connectivity index is 1.47. The average molecular weight is 327 g/mol. The third-order valence-corrected chi connectivity index (χ3v) is 4.70. The summed E-state index contributed by atoms with van der Waals surface area (Å²) in [5, 5.41) is 3.15. The van der Waals surface area contributed by atoms with Gasteiger partial charge in [0.25, 0.3) is 0 Å². The van der Waals surface area contributed by atoms with Crippen molar-refractivity contribution in [2.24, 2.45) is 0 Å². The smallest absolute Gasteiger partial charge is 0.236 e. The molecule has 5 heteroatoms. The van der Waals surface area contributed by atoms with Gasteiger partial charge in [-0.15, -0.1) is 0 Å². The Labute approximate surface area is 143 Å². The lowest BCUT2D eigenvalue weighted by atomic mass is 10.1. The van der Waals surface area contributed by atoms with Gasteiger partial charge >= 0.3 is 0 Å². The Bertz CT molecular complexity index is 674. The fourth-order valence-electron chi connectivity index (χ4n) is 3.09. The molecule has 1 saturated heterocycles. The van der Waals surface area contributed by atoms with E-state index in [0.717, 1.165) is 31.9 Å². The number of piperazine rings is 1. The summed E-state index contributed by atoms with van der Waals surface area (Å²) in [6.07, 6.45) is 1.64. The van der Waals surface area contributed by atoms with Gasteiger partial charge in [0, 0.05) is 31.9 Å². The molecule has 0 bridgehead atoms. The highest BCUT2D eigenvalue weighted by Gasteiger charge is 2.22. The Morgan fingerprint density at radius 3 is 2.62 bits per heavy atom. The number of hydrogen-bond donors (Lipinski definition) is 1. The molecule has 1 N–H and O–H groups in total. The first-order valence-electron chi connectivity index (χ1n) is 8.47. The summed E-state index contributed by atoms with van der Waals surface area (Å²) in [7, 11) is 0. The van der Waals surface area contributed by atoms with Crippen molar-refractivity contribution in [3.05, 3.63) is 53.5 Å². The number of nitrogens with one attached hydrogen (secondary N) is 1. The van der Waals surface area contributed by atoms with Crippen molar-refractivity contribution in [1.29, 1.82) is 0 Å². The second-order valence-corrected chi connectivity index (χ2v) is 6.27. The number of carbonyl (C=O) groups excluding carboxylic acids is 1. The van der Waals surface area contributed by atoms with Gasteiger partial charge < -0.3 is 19.5 Å². The molecule has 1 amide bonds. The van der Waals surface area contributed by atoms with Crippen LogP contribution in [0.1, 0.15) is 16.9 Å². The Hall–Kier alpha value is -2.27. The summed E-state index contributed by atoms with van der Waals surface area (Å²) in [5.41, 5.74) is 3.93. The number of aryl methyl sites for hydroxylation is 1. The molecular formula is C19H25N3O2. The normalized spacial score (nSPS) is 14.9. The molecule has 5 nitrogen and oxygen atoms in total. The van der Waals surface area contributed by atoms with E-state index < -0.39 is 0 Å². The number of benzene rings is 1. The van der Waals surface area contributed by atoms with Crippen LogP contribution in [0.4, 0.5) is 5.69 Å². The molecule has 0 radical (unpaired) electrons. The quantitative estimate of drug-likeness (QED) is 0.916. The van der Waals surface area contributed by atoms with Gasteiger partial charge in [-0.1, -0.05) is 12.1 Å². The van der Waals surface area contributed by atoms with Crippen molar-refractivity contribution < 1.29 is 9.21 Å². The van der Waals surface area contributed by atoms with Crippen molar-refractivity contribution in [2.45, 2.75) is 20.4 Å². The van der Waals surface area contributed by atoms with E-state index in [9.17, 15) is 4.79 Å². The fraction of sp³-hybridized carbons (Fsp3) is 0.421. The predicted octanol–water partition coefficient (Wildman–Crippen LogP) is 2.33. The van der Waals surface area contributed by atoms with E-state index in [1.807, 2.05) is 17.0 Å². The van der Waals surface area contributed by atoms with Crippen LogP contribution in [0.25, 0.3) is 0 Å². The average Bonchev–Trinajstić information content (AvgIpc) is 3.11. The molecule has 0 unspecified atom stereocenters. The largest absolute Gasteiger partial charge is 0.468 e. The second-order valence-electron chi connectivity index (χ2n) is 6.27. The van der Waals surface area contributed by atoms with Crippen LogP contribution < -0.4 is 10.2 Å². The number of amides is 1. The van der Waals surface area contributed by atoms with Gasteiger partial charge in [-0.05, 0) is 43.2 Å².